The summed E-state index contributed by atoms with van der Waals surface area (Å²) >= 11 is 7.56. The Kier molecular flexibility index (Phi) is 5.89. The fourth-order valence-corrected chi connectivity index (χ4v) is 4.63. The van der Waals surface area contributed by atoms with Crippen LogP contribution in [0.25, 0.3) is 0 Å². The summed E-state index contributed by atoms with van der Waals surface area (Å²) in [6, 6.07) is 3.70. The van der Waals surface area contributed by atoms with E-state index in [0.717, 1.165) is 5.56 Å². The van der Waals surface area contributed by atoms with Crippen LogP contribution in [0.1, 0.15) is 17.9 Å². The molecule has 2 heterocycles. The van der Waals surface area contributed by atoms with E-state index < -0.39 is 21.5 Å². The van der Waals surface area contributed by atoms with Gasteiger partial charge in [-0.3, -0.25) is 15.2 Å². The number of thioether (sulfide) groups is 1. The molecule has 1 aromatic rings. The van der Waals surface area contributed by atoms with E-state index in [-0.39, 0.29) is 11.3 Å². The van der Waals surface area contributed by atoms with Gasteiger partial charge >= 0.3 is 0 Å². The van der Waals surface area contributed by atoms with Gasteiger partial charge in [0, 0.05) is 25.0 Å². The monoisotopic (exact) mass is 388 g/mol. The van der Waals surface area contributed by atoms with Crippen LogP contribution in [0.2, 0.25) is 0 Å². The molecule has 0 aromatic carbocycles. The van der Waals surface area contributed by atoms with E-state index in [1.165, 1.54) is 23.6 Å². The zero-order valence-corrected chi connectivity index (χ0v) is 15.5. The summed E-state index contributed by atoms with van der Waals surface area (Å²) in [7, 11) is -2.12. The number of pyridine rings is 1. The van der Waals surface area contributed by atoms with Crippen LogP contribution in [-0.4, -0.2) is 42.6 Å². The maximum atomic E-state index is 12.5. The maximum absolute atomic E-state index is 12.5. The Labute approximate surface area is 149 Å². The number of aromatic nitrogens is 1. The highest BCUT2D eigenvalue weighted by atomic mass is 35.5. The third-order valence-corrected chi connectivity index (χ3v) is 6.43. The lowest BCUT2D eigenvalue weighted by atomic mass is 10.2. The largest absolute Gasteiger partial charge is 0.358 e. The maximum Gasteiger partial charge on any atom is 0.231 e. The molecule has 0 bridgehead atoms. The van der Waals surface area contributed by atoms with E-state index >= 15 is 0 Å². The summed E-state index contributed by atoms with van der Waals surface area (Å²) in [6.07, 6.45) is 3.37. The SMILES string of the molecule is CC(CS(=O)(=O)C=N)C(=O)N(C)C1=C(Cl)NC(c2cccnc2)S1. The van der Waals surface area contributed by atoms with Crippen molar-refractivity contribution >= 4 is 44.7 Å². The Morgan fingerprint density at radius 3 is 2.92 bits per heavy atom. The number of amides is 1. The zero-order valence-electron chi connectivity index (χ0n) is 13.1. The number of nitrogens with zero attached hydrogens (tertiary/aromatic N) is 2. The first kappa shape index (κ1) is 18.8. The van der Waals surface area contributed by atoms with Crippen LogP contribution in [0.15, 0.2) is 34.7 Å². The second-order valence-corrected chi connectivity index (χ2v) is 8.66. The Morgan fingerprint density at radius 2 is 2.33 bits per heavy atom. The van der Waals surface area contributed by atoms with E-state index in [0.29, 0.717) is 15.7 Å². The Hall–Kier alpha value is -1.58. The Bertz CT molecular complexity index is 767. The van der Waals surface area contributed by atoms with Crippen molar-refractivity contribution in [1.29, 1.82) is 5.41 Å². The molecule has 0 radical (unpaired) electrons. The normalized spacial score (nSPS) is 18.9. The third kappa shape index (κ3) is 4.28. The molecule has 0 fully saturated rings. The lowest BCUT2D eigenvalue weighted by Gasteiger charge is -2.21. The number of hydrogen-bond donors (Lipinski definition) is 2. The first-order valence-electron chi connectivity index (χ1n) is 6.99. The molecule has 0 saturated heterocycles. The molecule has 130 valence electrons. The van der Waals surface area contributed by atoms with Gasteiger partial charge in [0.15, 0.2) is 9.84 Å². The van der Waals surface area contributed by atoms with Crippen LogP contribution in [0.5, 0.6) is 0 Å². The van der Waals surface area contributed by atoms with Gasteiger partial charge in [-0.05, 0) is 6.07 Å². The highest BCUT2D eigenvalue weighted by Gasteiger charge is 2.32. The van der Waals surface area contributed by atoms with Gasteiger partial charge in [0.05, 0.1) is 11.7 Å². The quantitative estimate of drug-likeness (QED) is 0.438. The molecule has 2 rings (SSSR count). The van der Waals surface area contributed by atoms with Crippen LogP contribution in [0.4, 0.5) is 0 Å². The number of rotatable bonds is 6. The first-order chi connectivity index (χ1) is 11.2. The minimum absolute atomic E-state index is 0.169. The predicted octanol–water partition coefficient (Wildman–Crippen LogP) is 1.90. The van der Waals surface area contributed by atoms with Crippen molar-refractivity contribution in [3.05, 3.63) is 40.3 Å². The third-order valence-electron chi connectivity index (χ3n) is 3.38. The van der Waals surface area contributed by atoms with E-state index in [9.17, 15) is 13.2 Å². The molecule has 0 spiro atoms. The summed E-state index contributed by atoms with van der Waals surface area (Å²) in [4.78, 5) is 17.9. The first-order valence-corrected chi connectivity index (χ1v) is 9.96. The zero-order chi connectivity index (χ0) is 17.9. The molecule has 0 saturated carbocycles. The highest BCUT2D eigenvalue weighted by molar-refractivity contribution is 8.04. The van der Waals surface area contributed by atoms with E-state index in [2.05, 4.69) is 10.3 Å². The topological polar surface area (TPSA) is 103 Å². The van der Waals surface area contributed by atoms with Gasteiger partial charge in [-0.25, -0.2) is 8.42 Å². The molecule has 2 unspecified atom stereocenters. The average molecular weight is 389 g/mol. The number of carbonyl (C=O) groups is 1. The molecule has 10 heteroatoms. The van der Waals surface area contributed by atoms with Gasteiger partial charge in [-0.1, -0.05) is 36.4 Å². The van der Waals surface area contributed by atoms with Gasteiger partial charge in [0.2, 0.25) is 5.91 Å². The van der Waals surface area contributed by atoms with Crippen LogP contribution >= 0.6 is 23.4 Å². The van der Waals surface area contributed by atoms with E-state index in [1.54, 1.807) is 19.4 Å². The average Bonchev–Trinajstić information content (AvgIpc) is 2.95. The highest BCUT2D eigenvalue weighted by Crippen LogP contribution is 2.42. The van der Waals surface area contributed by atoms with Crippen molar-refractivity contribution < 1.29 is 13.2 Å². The minimum atomic E-state index is -3.67. The summed E-state index contributed by atoms with van der Waals surface area (Å²) in [5.74, 6) is -1.57. The van der Waals surface area contributed by atoms with Crippen LogP contribution in [0, 0.1) is 11.3 Å². The lowest BCUT2D eigenvalue weighted by molar-refractivity contribution is -0.130. The van der Waals surface area contributed by atoms with Crippen molar-refractivity contribution in [2.24, 2.45) is 5.92 Å². The fraction of sp³-hybridized carbons (Fsp3) is 0.357. The molecule has 1 aliphatic rings. The second kappa shape index (κ2) is 7.54. The number of halogens is 1. The van der Waals surface area contributed by atoms with Gasteiger partial charge in [-0.15, -0.1) is 0 Å². The summed E-state index contributed by atoms with van der Waals surface area (Å²) in [5, 5.41) is 10.6. The summed E-state index contributed by atoms with van der Waals surface area (Å²) < 4.78 is 23.0. The van der Waals surface area contributed by atoms with Crippen molar-refractivity contribution in [1.82, 2.24) is 15.2 Å². The molecule has 1 amide bonds. The molecule has 0 aliphatic carbocycles. The molecular weight excluding hydrogens is 372 g/mol. The van der Waals surface area contributed by atoms with Gasteiger partial charge in [0.1, 0.15) is 21.1 Å². The summed E-state index contributed by atoms with van der Waals surface area (Å²) in [5.41, 5.74) is 1.28. The minimum Gasteiger partial charge on any atom is -0.358 e. The van der Waals surface area contributed by atoms with Crippen molar-refractivity contribution in [2.45, 2.75) is 12.3 Å². The second-order valence-electron chi connectivity index (χ2n) is 5.29. The van der Waals surface area contributed by atoms with Gasteiger partial charge in [-0.2, -0.15) is 0 Å². The Morgan fingerprint density at radius 1 is 1.62 bits per heavy atom. The van der Waals surface area contributed by atoms with Crippen LogP contribution < -0.4 is 5.32 Å². The number of nitrogens with one attached hydrogen (secondary N) is 2. The molecule has 2 atom stereocenters. The molecule has 1 aliphatic heterocycles. The molecule has 1 aromatic heterocycles. The Balaban J connectivity index is 2.09. The number of carbonyl (C=O) groups excluding carboxylic acids is 1. The van der Waals surface area contributed by atoms with E-state index in [1.807, 2.05) is 12.1 Å². The summed E-state index contributed by atoms with van der Waals surface area (Å²) in [6.45, 7) is 1.51. The molecular formula is C14H17ClN4O3S2. The smallest absolute Gasteiger partial charge is 0.231 e. The van der Waals surface area contributed by atoms with E-state index in [4.69, 9.17) is 17.0 Å². The number of hydrogen-bond acceptors (Lipinski definition) is 7. The van der Waals surface area contributed by atoms with Crippen LogP contribution in [-0.2, 0) is 14.6 Å². The lowest BCUT2D eigenvalue weighted by Crippen LogP contribution is -2.34. The van der Waals surface area contributed by atoms with Crippen molar-refractivity contribution in [2.75, 3.05) is 12.8 Å². The standard InChI is InChI=1S/C14H17ClN4O3S2/c1-9(7-24(21,22)8-16)13(20)19(2)14-11(15)18-12(23-14)10-4-3-5-17-6-10/h3-6,8-9,12,16,18H,7H2,1-2H3. The van der Waals surface area contributed by atoms with Crippen molar-refractivity contribution in [3.63, 3.8) is 0 Å². The molecule has 2 N–H and O–H groups in total. The van der Waals surface area contributed by atoms with Gasteiger partial charge in [0.25, 0.3) is 0 Å². The van der Waals surface area contributed by atoms with Crippen molar-refractivity contribution in [3.8, 4) is 0 Å². The number of sulfone groups is 1. The van der Waals surface area contributed by atoms with Gasteiger partial charge < -0.3 is 10.2 Å². The fourth-order valence-electron chi connectivity index (χ4n) is 2.18. The van der Waals surface area contributed by atoms with Crippen LogP contribution in [0.3, 0.4) is 0 Å². The molecule has 7 nitrogen and oxygen atoms in total. The predicted molar refractivity (Wildman–Crippen MR) is 95.1 cm³/mol. The molecule has 24 heavy (non-hydrogen) atoms.